The summed E-state index contributed by atoms with van der Waals surface area (Å²) in [4.78, 5) is 0. The first-order valence-corrected chi connectivity index (χ1v) is 11.0. The van der Waals surface area contributed by atoms with Crippen LogP contribution in [0.15, 0.2) is 72.3 Å². The summed E-state index contributed by atoms with van der Waals surface area (Å²) in [5.74, 6) is 0.829. The van der Waals surface area contributed by atoms with Gasteiger partial charge in [-0.05, 0) is 32.6 Å². The molecule has 2 aromatic rings. The normalized spacial score (nSPS) is 12.2. The summed E-state index contributed by atoms with van der Waals surface area (Å²) in [6.07, 6.45) is 7.63. The predicted octanol–water partition coefficient (Wildman–Crippen LogP) is 5.46. The number of hydrogen-bond donors (Lipinski definition) is 0. The Hall–Kier alpha value is -1.60. The van der Waals surface area contributed by atoms with E-state index in [-0.39, 0.29) is 0 Å². The van der Waals surface area contributed by atoms with E-state index >= 15 is 0 Å². The van der Waals surface area contributed by atoms with Crippen molar-refractivity contribution in [3.8, 4) is 0 Å². The van der Waals surface area contributed by atoms with E-state index in [9.17, 15) is 0 Å². The third-order valence-corrected chi connectivity index (χ3v) is 7.49. The lowest BCUT2D eigenvalue weighted by Gasteiger charge is -2.17. The molecule has 0 saturated heterocycles. The molecule has 1 heteroatoms. The molecule has 0 spiro atoms. The highest BCUT2D eigenvalue weighted by Crippen LogP contribution is 2.16. The van der Waals surface area contributed by atoms with Gasteiger partial charge < -0.3 is 0 Å². The van der Waals surface area contributed by atoms with E-state index in [0.717, 1.165) is 5.92 Å². The molecule has 127 valence electrons. The minimum absolute atomic E-state index is 0.641. The van der Waals surface area contributed by atoms with Crippen molar-refractivity contribution in [1.29, 1.82) is 0 Å². The second-order valence-electron chi connectivity index (χ2n) is 7.07. The van der Waals surface area contributed by atoms with Gasteiger partial charge >= 0.3 is 0 Å². The largest absolute Gasteiger partial charge is 0.121 e. The van der Waals surface area contributed by atoms with Gasteiger partial charge in [-0.25, -0.2) is 0 Å². The maximum absolute atomic E-state index is 2.41. The molecule has 0 aromatic heterocycles. The fraction of sp³-hybridized carbons (Fsp3) is 0.391. The first-order chi connectivity index (χ1) is 11.7. The molecule has 0 heterocycles. The smallest absolute Gasteiger partial charge is 0.0859 e. The van der Waals surface area contributed by atoms with Crippen molar-refractivity contribution >= 4 is 19.2 Å². The van der Waals surface area contributed by atoms with Gasteiger partial charge in [0.15, 0.2) is 0 Å². The molecule has 1 atom stereocenters. The lowest BCUT2D eigenvalue weighted by atomic mass is 10.00. The Morgan fingerprint density at radius 2 is 1.42 bits per heavy atom. The fourth-order valence-corrected chi connectivity index (χ4v) is 5.82. The monoisotopic (exact) mass is 335 g/mol. The van der Waals surface area contributed by atoms with Crippen molar-refractivity contribution in [2.75, 3.05) is 0 Å². The lowest BCUT2D eigenvalue weighted by molar-refractivity contribution is 0.489. The molecule has 1 radical (unpaired) electrons. The minimum Gasteiger partial charge on any atom is -0.0859 e. The SMILES string of the molecule is CC(C)=CCC[C@H](C)CCC[Si](c1ccccc1)c1ccccc1. The first kappa shape index (κ1) is 18.7. The zero-order valence-corrected chi connectivity index (χ0v) is 16.5. The Bertz CT molecular complexity index is 557. The van der Waals surface area contributed by atoms with Crippen LogP contribution in [-0.2, 0) is 0 Å². The minimum atomic E-state index is -0.641. The van der Waals surface area contributed by atoms with Crippen LogP contribution >= 0.6 is 0 Å². The zero-order valence-electron chi connectivity index (χ0n) is 15.5. The molecular weight excluding hydrogens is 304 g/mol. The quantitative estimate of drug-likeness (QED) is 0.422. The van der Waals surface area contributed by atoms with Crippen LogP contribution in [0.1, 0.15) is 46.5 Å². The molecule has 0 N–H and O–H groups in total. The number of rotatable bonds is 9. The number of hydrogen-bond acceptors (Lipinski definition) is 0. The molecule has 0 saturated carbocycles. The molecule has 2 rings (SSSR count). The number of allylic oxidation sites excluding steroid dienone is 2. The Morgan fingerprint density at radius 1 is 0.875 bits per heavy atom. The highest BCUT2D eigenvalue weighted by molar-refractivity contribution is 6.85. The van der Waals surface area contributed by atoms with E-state index in [1.807, 2.05) is 0 Å². The van der Waals surface area contributed by atoms with Crippen LogP contribution in [0.5, 0.6) is 0 Å². The van der Waals surface area contributed by atoms with E-state index in [0.29, 0.717) is 0 Å². The van der Waals surface area contributed by atoms with Crippen molar-refractivity contribution in [2.24, 2.45) is 5.92 Å². The molecule has 0 unspecified atom stereocenters. The van der Waals surface area contributed by atoms with Crippen molar-refractivity contribution in [1.82, 2.24) is 0 Å². The lowest BCUT2D eigenvalue weighted by Crippen LogP contribution is -2.41. The molecular formula is C23H31Si. The Balaban J connectivity index is 1.91. The van der Waals surface area contributed by atoms with E-state index in [1.165, 1.54) is 37.3 Å². The Labute approximate surface area is 150 Å². The van der Waals surface area contributed by atoms with Gasteiger partial charge in [0.25, 0.3) is 0 Å². The summed E-state index contributed by atoms with van der Waals surface area (Å²) in [5.41, 5.74) is 1.45. The van der Waals surface area contributed by atoms with Crippen LogP contribution in [0.2, 0.25) is 6.04 Å². The molecule has 0 nitrogen and oxygen atoms in total. The molecule has 0 aliphatic heterocycles. The van der Waals surface area contributed by atoms with Crippen LogP contribution in [0.3, 0.4) is 0 Å². The van der Waals surface area contributed by atoms with Gasteiger partial charge in [-0.3, -0.25) is 0 Å². The topological polar surface area (TPSA) is 0 Å². The third kappa shape index (κ3) is 6.49. The Kier molecular flexibility index (Phi) is 8.04. The van der Waals surface area contributed by atoms with E-state index < -0.39 is 8.80 Å². The highest BCUT2D eigenvalue weighted by Gasteiger charge is 2.16. The number of benzene rings is 2. The second-order valence-corrected chi connectivity index (χ2v) is 9.68. The van der Waals surface area contributed by atoms with Crippen LogP contribution in [0.25, 0.3) is 0 Å². The molecule has 0 fully saturated rings. The zero-order chi connectivity index (χ0) is 17.2. The molecule has 0 aliphatic carbocycles. The van der Waals surface area contributed by atoms with Crippen LogP contribution < -0.4 is 10.4 Å². The van der Waals surface area contributed by atoms with Gasteiger partial charge in [0.1, 0.15) is 8.80 Å². The summed E-state index contributed by atoms with van der Waals surface area (Å²) in [5, 5.41) is 3.09. The average molecular weight is 336 g/mol. The maximum Gasteiger partial charge on any atom is 0.121 e. The fourth-order valence-electron chi connectivity index (χ4n) is 3.16. The maximum atomic E-state index is 2.41. The second kappa shape index (κ2) is 10.3. The molecule has 0 aliphatic rings. The van der Waals surface area contributed by atoms with Crippen molar-refractivity contribution in [3.63, 3.8) is 0 Å². The summed E-state index contributed by atoms with van der Waals surface area (Å²) < 4.78 is 0. The van der Waals surface area contributed by atoms with Crippen molar-refractivity contribution in [3.05, 3.63) is 72.3 Å². The van der Waals surface area contributed by atoms with Gasteiger partial charge in [-0.1, -0.05) is 108 Å². The molecule has 24 heavy (non-hydrogen) atoms. The van der Waals surface area contributed by atoms with Crippen LogP contribution in [0, 0.1) is 5.92 Å². The third-order valence-electron chi connectivity index (χ3n) is 4.58. The van der Waals surface area contributed by atoms with Gasteiger partial charge in [0, 0.05) is 0 Å². The summed E-state index contributed by atoms with van der Waals surface area (Å²) >= 11 is 0. The summed E-state index contributed by atoms with van der Waals surface area (Å²) in [6, 6.07) is 23.6. The highest BCUT2D eigenvalue weighted by atomic mass is 28.3. The molecule has 0 amide bonds. The van der Waals surface area contributed by atoms with E-state index in [4.69, 9.17) is 0 Å². The average Bonchev–Trinajstić information content (AvgIpc) is 2.60. The standard InChI is InChI=1S/C23H31Si/c1-20(2)12-10-13-21(3)14-11-19-24(22-15-6-4-7-16-22)23-17-8-5-9-18-23/h4-9,12,15-18,21H,10-11,13-14,19H2,1-3H3/t21-/m0/s1. The van der Waals surface area contributed by atoms with E-state index in [2.05, 4.69) is 87.5 Å². The van der Waals surface area contributed by atoms with Crippen molar-refractivity contribution in [2.45, 2.75) is 52.5 Å². The van der Waals surface area contributed by atoms with Gasteiger partial charge in [0.05, 0.1) is 0 Å². The molecule has 0 bridgehead atoms. The van der Waals surface area contributed by atoms with Gasteiger partial charge in [-0.15, -0.1) is 0 Å². The van der Waals surface area contributed by atoms with Crippen LogP contribution in [-0.4, -0.2) is 8.80 Å². The summed E-state index contributed by atoms with van der Waals surface area (Å²) in [6.45, 7) is 6.80. The van der Waals surface area contributed by atoms with Crippen LogP contribution in [0.4, 0.5) is 0 Å². The molecule has 2 aromatic carbocycles. The predicted molar refractivity (Wildman–Crippen MR) is 110 cm³/mol. The van der Waals surface area contributed by atoms with Gasteiger partial charge in [-0.2, -0.15) is 0 Å². The van der Waals surface area contributed by atoms with E-state index in [1.54, 1.807) is 10.4 Å². The Morgan fingerprint density at radius 3 is 1.92 bits per heavy atom. The van der Waals surface area contributed by atoms with Crippen molar-refractivity contribution < 1.29 is 0 Å². The first-order valence-electron chi connectivity index (χ1n) is 9.27. The summed E-state index contributed by atoms with van der Waals surface area (Å²) in [7, 11) is -0.641. The van der Waals surface area contributed by atoms with Gasteiger partial charge in [0.2, 0.25) is 0 Å².